The molecule has 1 aliphatic carbocycles. The van der Waals surface area contributed by atoms with Crippen LogP contribution in [-0.2, 0) is 19.1 Å². The Bertz CT molecular complexity index is 1170. The number of halogens is 2. The molecule has 33 heavy (non-hydrogen) atoms. The zero-order valence-electron chi connectivity index (χ0n) is 17.6. The third-order valence-electron chi connectivity index (χ3n) is 5.80. The van der Waals surface area contributed by atoms with E-state index in [-0.39, 0.29) is 29.2 Å². The Labute approximate surface area is 203 Å². The molecule has 2 aromatic rings. The molecule has 0 spiro atoms. The first kappa shape index (κ1) is 23.2. The molecule has 7 nitrogen and oxygen atoms in total. The van der Waals surface area contributed by atoms with E-state index in [4.69, 9.17) is 16.3 Å². The van der Waals surface area contributed by atoms with Gasteiger partial charge in [-0.15, -0.1) is 0 Å². The fourth-order valence-electron chi connectivity index (χ4n) is 4.01. The number of carbonyl (C=O) groups excluding carboxylic acids is 4. The van der Waals surface area contributed by atoms with Crippen molar-refractivity contribution in [3.8, 4) is 0 Å². The van der Waals surface area contributed by atoms with Gasteiger partial charge in [0.05, 0.1) is 28.1 Å². The lowest BCUT2D eigenvalue weighted by Gasteiger charge is -2.15. The van der Waals surface area contributed by atoms with Gasteiger partial charge >= 0.3 is 5.97 Å². The predicted octanol–water partition coefficient (Wildman–Crippen LogP) is 4.66. The summed E-state index contributed by atoms with van der Waals surface area (Å²) in [5.74, 6) is -2.52. The third-order valence-corrected chi connectivity index (χ3v) is 7.17. The highest BCUT2D eigenvalue weighted by Crippen LogP contribution is 2.38. The molecular formula is C24H20BrClN2O5. The second-order valence-electron chi connectivity index (χ2n) is 7.88. The normalized spacial score (nSPS) is 19.4. The highest BCUT2D eigenvalue weighted by Gasteiger charge is 2.47. The zero-order chi connectivity index (χ0) is 23.7. The van der Waals surface area contributed by atoms with E-state index in [9.17, 15) is 19.2 Å². The van der Waals surface area contributed by atoms with E-state index in [1.54, 1.807) is 31.2 Å². The maximum absolute atomic E-state index is 12.8. The molecule has 1 fully saturated rings. The summed E-state index contributed by atoms with van der Waals surface area (Å²) in [5, 5.41) is 3.13. The molecule has 9 heteroatoms. The number of anilines is 2. The smallest absolute Gasteiger partial charge is 0.338 e. The van der Waals surface area contributed by atoms with Crippen molar-refractivity contribution < 1.29 is 23.9 Å². The van der Waals surface area contributed by atoms with Crippen LogP contribution >= 0.6 is 27.5 Å². The van der Waals surface area contributed by atoms with E-state index in [1.165, 1.54) is 12.1 Å². The van der Waals surface area contributed by atoms with Gasteiger partial charge in [-0.05, 0) is 71.6 Å². The summed E-state index contributed by atoms with van der Waals surface area (Å²) in [7, 11) is 0. The number of nitrogens with one attached hydrogen (secondary N) is 1. The minimum Gasteiger partial charge on any atom is -0.452 e. The Morgan fingerprint density at radius 2 is 1.79 bits per heavy atom. The van der Waals surface area contributed by atoms with E-state index in [0.29, 0.717) is 39.3 Å². The number of esters is 1. The van der Waals surface area contributed by atoms with Crippen molar-refractivity contribution in [2.24, 2.45) is 11.8 Å². The Balaban J connectivity index is 1.41. The summed E-state index contributed by atoms with van der Waals surface area (Å²) in [6, 6.07) is 9.49. The van der Waals surface area contributed by atoms with Crippen molar-refractivity contribution in [3.05, 3.63) is 69.2 Å². The summed E-state index contributed by atoms with van der Waals surface area (Å²) < 4.78 is 5.84. The maximum atomic E-state index is 12.8. The number of hydrogen-bond acceptors (Lipinski definition) is 5. The second-order valence-corrected chi connectivity index (χ2v) is 9.11. The average molecular weight is 532 g/mol. The van der Waals surface area contributed by atoms with Crippen LogP contribution in [0.5, 0.6) is 0 Å². The first-order valence-electron chi connectivity index (χ1n) is 10.3. The molecule has 0 unspecified atom stereocenters. The molecule has 0 bridgehead atoms. The quantitative estimate of drug-likeness (QED) is 0.344. The number of benzene rings is 2. The Morgan fingerprint density at radius 3 is 2.45 bits per heavy atom. The standard InChI is InChI=1S/C24H20BrClN2O5/c1-13-19(10-9-18(25)21(13)26)27-20(29)12-33-24(32)14-5-4-6-15(11-14)28-22(30)16-7-2-3-8-17(16)23(28)31/h2-6,9-11,16-17H,7-8,12H2,1H3,(H,27,29)/t16-,17+. The van der Waals surface area contributed by atoms with Crippen LogP contribution in [0.15, 0.2) is 53.0 Å². The van der Waals surface area contributed by atoms with Crippen LogP contribution in [-0.4, -0.2) is 30.3 Å². The largest absolute Gasteiger partial charge is 0.452 e. The topological polar surface area (TPSA) is 92.8 Å². The number of hydrogen-bond donors (Lipinski definition) is 1. The van der Waals surface area contributed by atoms with Gasteiger partial charge in [-0.3, -0.25) is 19.3 Å². The van der Waals surface area contributed by atoms with Crippen LogP contribution in [0.1, 0.15) is 28.8 Å². The van der Waals surface area contributed by atoms with Gasteiger partial charge < -0.3 is 10.1 Å². The fourth-order valence-corrected chi connectivity index (χ4v) is 4.61. The lowest BCUT2D eigenvalue weighted by atomic mass is 9.85. The molecule has 1 aliphatic heterocycles. The molecule has 1 heterocycles. The lowest BCUT2D eigenvalue weighted by Crippen LogP contribution is -2.31. The number of nitrogens with zero attached hydrogens (tertiary/aromatic N) is 1. The molecule has 170 valence electrons. The van der Waals surface area contributed by atoms with Gasteiger partial charge in [0, 0.05) is 10.2 Å². The van der Waals surface area contributed by atoms with Crippen LogP contribution in [0.2, 0.25) is 5.02 Å². The number of amides is 3. The molecule has 0 saturated carbocycles. The molecule has 2 aromatic carbocycles. The number of imide groups is 1. The van der Waals surface area contributed by atoms with Crippen molar-refractivity contribution >= 4 is 62.6 Å². The molecular weight excluding hydrogens is 512 g/mol. The van der Waals surface area contributed by atoms with Gasteiger partial charge in [0.1, 0.15) is 0 Å². The van der Waals surface area contributed by atoms with Gasteiger partial charge in [0.2, 0.25) is 11.8 Å². The molecule has 0 aromatic heterocycles. The maximum Gasteiger partial charge on any atom is 0.338 e. The molecule has 0 radical (unpaired) electrons. The number of fused-ring (bicyclic) bond motifs is 1. The fraction of sp³-hybridized carbons (Fsp3) is 0.250. The Morgan fingerprint density at radius 1 is 1.12 bits per heavy atom. The summed E-state index contributed by atoms with van der Waals surface area (Å²) in [6.45, 7) is 1.25. The van der Waals surface area contributed by atoms with Gasteiger partial charge in [-0.25, -0.2) is 4.79 Å². The predicted molar refractivity (Wildman–Crippen MR) is 127 cm³/mol. The molecule has 2 aliphatic rings. The van der Waals surface area contributed by atoms with Gasteiger partial charge in [-0.1, -0.05) is 29.8 Å². The third kappa shape index (κ3) is 4.58. The minimum atomic E-state index is -0.740. The SMILES string of the molecule is Cc1c(NC(=O)COC(=O)c2cccc(N3C(=O)[C@H]4CC=CC[C@H]4C3=O)c2)ccc(Br)c1Cl. The number of ether oxygens (including phenoxy) is 1. The highest BCUT2D eigenvalue weighted by molar-refractivity contribution is 9.10. The van der Waals surface area contributed by atoms with Crippen molar-refractivity contribution in [3.63, 3.8) is 0 Å². The van der Waals surface area contributed by atoms with Crippen molar-refractivity contribution in [2.75, 3.05) is 16.8 Å². The lowest BCUT2D eigenvalue weighted by molar-refractivity contribution is -0.122. The number of rotatable bonds is 5. The van der Waals surface area contributed by atoms with Crippen LogP contribution < -0.4 is 10.2 Å². The van der Waals surface area contributed by atoms with Crippen LogP contribution in [0.4, 0.5) is 11.4 Å². The average Bonchev–Trinajstić information content (AvgIpc) is 3.08. The number of carbonyl (C=O) groups is 4. The van der Waals surface area contributed by atoms with E-state index in [0.717, 1.165) is 4.90 Å². The Hall–Kier alpha value is -2.97. The highest BCUT2D eigenvalue weighted by atomic mass is 79.9. The monoisotopic (exact) mass is 530 g/mol. The van der Waals surface area contributed by atoms with E-state index in [2.05, 4.69) is 21.2 Å². The molecule has 1 saturated heterocycles. The second kappa shape index (κ2) is 9.49. The molecule has 4 rings (SSSR count). The van der Waals surface area contributed by atoms with Gasteiger partial charge in [0.25, 0.3) is 5.91 Å². The van der Waals surface area contributed by atoms with E-state index < -0.39 is 18.5 Å². The van der Waals surface area contributed by atoms with Crippen molar-refractivity contribution in [2.45, 2.75) is 19.8 Å². The van der Waals surface area contributed by atoms with Crippen LogP contribution in [0, 0.1) is 18.8 Å². The van der Waals surface area contributed by atoms with Crippen molar-refractivity contribution in [1.82, 2.24) is 0 Å². The van der Waals surface area contributed by atoms with E-state index in [1.807, 2.05) is 12.2 Å². The van der Waals surface area contributed by atoms with E-state index >= 15 is 0 Å². The van der Waals surface area contributed by atoms with Gasteiger partial charge in [-0.2, -0.15) is 0 Å². The molecule has 2 atom stereocenters. The van der Waals surface area contributed by atoms with Crippen LogP contribution in [0.25, 0.3) is 0 Å². The summed E-state index contributed by atoms with van der Waals surface area (Å²) in [4.78, 5) is 51.5. The Kier molecular flexibility index (Phi) is 6.67. The van der Waals surface area contributed by atoms with Gasteiger partial charge in [0.15, 0.2) is 6.61 Å². The van der Waals surface area contributed by atoms with Crippen LogP contribution in [0.3, 0.4) is 0 Å². The molecule has 1 N–H and O–H groups in total. The number of allylic oxidation sites excluding steroid dienone is 2. The summed E-state index contributed by atoms with van der Waals surface area (Å²) >= 11 is 9.48. The first-order chi connectivity index (χ1) is 15.8. The first-order valence-corrected chi connectivity index (χ1v) is 11.5. The summed E-state index contributed by atoms with van der Waals surface area (Å²) in [5.41, 5.74) is 1.64. The molecule has 3 amide bonds. The minimum absolute atomic E-state index is 0.136. The summed E-state index contributed by atoms with van der Waals surface area (Å²) in [6.07, 6.45) is 4.90. The zero-order valence-corrected chi connectivity index (χ0v) is 20.0. The van der Waals surface area contributed by atoms with Crippen molar-refractivity contribution in [1.29, 1.82) is 0 Å².